The minimum atomic E-state index is -0.734. The van der Waals surface area contributed by atoms with E-state index < -0.39 is 5.97 Å². The van der Waals surface area contributed by atoms with Gasteiger partial charge in [0.15, 0.2) is 5.57 Å². The Hall–Kier alpha value is -2.96. The van der Waals surface area contributed by atoms with E-state index in [0.29, 0.717) is 16.1 Å². The number of carbonyl (C=O) groups is 1. The van der Waals surface area contributed by atoms with E-state index >= 15 is 0 Å². The highest BCUT2D eigenvalue weighted by molar-refractivity contribution is 8.07. The maximum atomic E-state index is 11.7. The molecule has 0 amide bonds. The maximum Gasteiger partial charge on any atom is 0.349 e. The van der Waals surface area contributed by atoms with Gasteiger partial charge in [-0.3, -0.25) is 0 Å². The summed E-state index contributed by atoms with van der Waals surface area (Å²) in [5.41, 5.74) is 7.46. The Kier molecular flexibility index (Phi) is 4.67. The lowest BCUT2D eigenvalue weighted by Gasteiger charge is -2.17. The van der Waals surface area contributed by atoms with Crippen LogP contribution in [0.4, 0.5) is 0 Å². The second-order valence-electron chi connectivity index (χ2n) is 4.22. The van der Waals surface area contributed by atoms with Crippen molar-refractivity contribution in [1.82, 2.24) is 0 Å². The highest BCUT2D eigenvalue weighted by Gasteiger charge is 2.24. The summed E-state index contributed by atoms with van der Waals surface area (Å²) in [5, 5.41) is 18.7. The van der Waals surface area contributed by atoms with Crippen molar-refractivity contribution in [2.75, 3.05) is 7.11 Å². The number of carbonyl (C=O) groups excluding carboxylic acids is 1. The number of thioether (sulfide) groups is 1. The van der Waals surface area contributed by atoms with E-state index in [2.05, 4.69) is 10.8 Å². The molecule has 0 unspecified atom stereocenters. The van der Waals surface area contributed by atoms with Gasteiger partial charge >= 0.3 is 5.97 Å². The fraction of sp³-hybridized carbons (Fsp3) is 0.0625. The van der Waals surface area contributed by atoms with E-state index in [-0.39, 0.29) is 10.6 Å². The molecule has 22 heavy (non-hydrogen) atoms. The summed E-state index contributed by atoms with van der Waals surface area (Å²) >= 11 is 1.01. The van der Waals surface area contributed by atoms with Gasteiger partial charge < -0.3 is 10.5 Å². The first kappa shape index (κ1) is 15.4. The number of ether oxygens (including phenoxy) is 1. The number of benzene rings is 1. The molecule has 0 fully saturated rings. The van der Waals surface area contributed by atoms with Gasteiger partial charge in [0, 0.05) is 10.5 Å². The van der Waals surface area contributed by atoms with Gasteiger partial charge in [-0.2, -0.15) is 10.5 Å². The summed E-state index contributed by atoms with van der Waals surface area (Å²) in [6.45, 7) is 0. The molecule has 0 radical (unpaired) electrons. The molecule has 5 nitrogen and oxygen atoms in total. The summed E-state index contributed by atoms with van der Waals surface area (Å²) in [7, 11) is 1.20. The van der Waals surface area contributed by atoms with Crippen LogP contribution in [0.3, 0.4) is 0 Å². The summed E-state index contributed by atoms with van der Waals surface area (Å²) in [5.74, 6) is -0.734. The molecule has 1 aliphatic rings. The van der Waals surface area contributed by atoms with Crippen molar-refractivity contribution in [3.05, 3.63) is 63.1 Å². The van der Waals surface area contributed by atoms with Gasteiger partial charge in [-0.1, -0.05) is 42.1 Å². The SMILES string of the molecule is COC(=O)/C(C#N)=C1/C=C(c2ccccc2)C(C#N)=C(N)S1. The number of rotatable bonds is 2. The lowest BCUT2D eigenvalue weighted by molar-refractivity contribution is -0.135. The predicted molar refractivity (Wildman–Crippen MR) is 83.5 cm³/mol. The van der Waals surface area contributed by atoms with Gasteiger partial charge in [-0.05, 0) is 11.6 Å². The maximum absolute atomic E-state index is 11.7. The first-order valence-electron chi connectivity index (χ1n) is 6.20. The first-order valence-corrected chi connectivity index (χ1v) is 7.02. The lowest BCUT2D eigenvalue weighted by Crippen LogP contribution is -2.10. The minimum absolute atomic E-state index is 0.138. The van der Waals surface area contributed by atoms with Crippen LogP contribution < -0.4 is 5.73 Å². The van der Waals surface area contributed by atoms with Crippen molar-refractivity contribution in [2.45, 2.75) is 0 Å². The predicted octanol–water partition coefficient (Wildman–Crippen LogP) is 2.46. The zero-order chi connectivity index (χ0) is 16.1. The Bertz CT molecular complexity index is 793. The van der Waals surface area contributed by atoms with E-state index in [9.17, 15) is 15.3 Å². The van der Waals surface area contributed by atoms with E-state index in [4.69, 9.17) is 5.73 Å². The Labute approximate surface area is 132 Å². The third kappa shape index (κ3) is 2.88. The van der Waals surface area contributed by atoms with Gasteiger partial charge in [0.2, 0.25) is 0 Å². The molecule has 0 aliphatic carbocycles. The molecular weight excluding hydrogens is 298 g/mol. The van der Waals surface area contributed by atoms with Crippen molar-refractivity contribution in [2.24, 2.45) is 5.73 Å². The van der Waals surface area contributed by atoms with E-state index in [1.54, 1.807) is 6.08 Å². The highest BCUT2D eigenvalue weighted by atomic mass is 32.2. The number of methoxy groups -OCH3 is 1. The van der Waals surface area contributed by atoms with Crippen LogP contribution in [-0.2, 0) is 9.53 Å². The second kappa shape index (κ2) is 6.66. The van der Waals surface area contributed by atoms with Crippen molar-refractivity contribution in [1.29, 1.82) is 10.5 Å². The summed E-state index contributed by atoms with van der Waals surface area (Å²) in [4.78, 5) is 12.0. The molecule has 1 heterocycles. The molecule has 0 bridgehead atoms. The van der Waals surface area contributed by atoms with Crippen LogP contribution >= 0.6 is 11.8 Å². The van der Waals surface area contributed by atoms with Crippen LogP contribution in [-0.4, -0.2) is 13.1 Å². The standard InChI is InChI=1S/C16H11N3O2S/c1-21-16(20)13(9-18)14-7-11(10-5-3-2-4-6-10)12(8-17)15(19)22-14/h2-7H,19H2,1H3/b14-13-. The zero-order valence-corrected chi connectivity index (χ0v) is 12.5. The molecule has 0 saturated carbocycles. The second-order valence-corrected chi connectivity index (χ2v) is 5.30. The van der Waals surface area contributed by atoms with Crippen molar-refractivity contribution in [3.8, 4) is 12.1 Å². The largest absolute Gasteiger partial charge is 0.465 e. The molecule has 2 rings (SSSR count). The number of allylic oxidation sites excluding steroid dienone is 3. The summed E-state index contributed by atoms with van der Waals surface area (Å²) in [6, 6.07) is 13.1. The molecule has 1 aromatic carbocycles. The molecule has 2 N–H and O–H groups in total. The molecule has 0 spiro atoms. The average Bonchev–Trinajstić information content (AvgIpc) is 2.55. The van der Waals surface area contributed by atoms with Crippen molar-refractivity contribution in [3.63, 3.8) is 0 Å². The Morgan fingerprint density at radius 2 is 1.95 bits per heavy atom. The number of nitriles is 2. The lowest BCUT2D eigenvalue weighted by atomic mass is 9.98. The monoisotopic (exact) mass is 309 g/mol. The zero-order valence-electron chi connectivity index (χ0n) is 11.7. The highest BCUT2D eigenvalue weighted by Crippen LogP contribution is 2.40. The Balaban J connectivity index is 2.66. The molecule has 0 aromatic heterocycles. The van der Waals surface area contributed by atoms with Crippen molar-refractivity contribution < 1.29 is 9.53 Å². The van der Waals surface area contributed by atoms with Gasteiger partial charge in [0.1, 0.15) is 12.1 Å². The van der Waals surface area contributed by atoms with Crippen LogP contribution in [0.5, 0.6) is 0 Å². The fourth-order valence-corrected chi connectivity index (χ4v) is 2.82. The number of hydrogen-bond acceptors (Lipinski definition) is 6. The summed E-state index contributed by atoms with van der Waals surface area (Å²) < 4.78 is 4.60. The molecule has 6 heteroatoms. The third-order valence-corrected chi connectivity index (χ3v) is 3.92. The number of nitrogens with zero attached hydrogens (tertiary/aromatic N) is 2. The minimum Gasteiger partial charge on any atom is -0.465 e. The smallest absolute Gasteiger partial charge is 0.349 e. The van der Waals surface area contributed by atoms with Crippen molar-refractivity contribution >= 4 is 23.3 Å². The molecule has 1 aliphatic heterocycles. The Morgan fingerprint density at radius 1 is 1.27 bits per heavy atom. The van der Waals surface area contributed by atoms with Crippen LogP contribution in [0.15, 0.2) is 57.5 Å². The van der Waals surface area contributed by atoms with Gasteiger partial charge in [0.25, 0.3) is 0 Å². The van der Waals surface area contributed by atoms with E-state index in [1.165, 1.54) is 7.11 Å². The average molecular weight is 309 g/mol. The molecule has 0 saturated heterocycles. The number of hydrogen-bond donors (Lipinski definition) is 1. The van der Waals surface area contributed by atoms with E-state index in [1.807, 2.05) is 36.4 Å². The topological polar surface area (TPSA) is 99.9 Å². The van der Waals surface area contributed by atoms with Crippen LogP contribution in [0.2, 0.25) is 0 Å². The third-order valence-electron chi connectivity index (χ3n) is 2.96. The molecular formula is C16H11N3O2S. The first-order chi connectivity index (χ1) is 10.6. The molecule has 108 valence electrons. The Morgan fingerprint density at radius 3 is 2.50 bits per heavy atom. The van der Waals surface area contributed by atoms with Crippen LogP contribution in [0.25, 0.3) is 5.57 Å². The molecule has 1 aromatic rings. The van der Waals surface area contributed by atoms with Crippen LogP contribution in [0.1, 0.15) is 5.56 Å². The van der Waals surface area contributed by atoms with Gasteiger partial charge in [0.05, 0.1) is 17.7 Å². The summed E-state index contributed by atoms with van der Waals surface area (Å²) in [6.07, 6.45) is 1.62. The fourth-order valence-electron chi connectivity index (χ4n) is 1.92. The van der Waals surface area contributed by atoms with Gasteiger partial charge in [-0.25, -0.2) is 4.79 Å². The van der Waals surface area contributed by atoms with Gasteiger partial charge in [-0.15, -0.1) is 0 Å². The number of esters is 1. The number of nitrogens with two attached hydrogens (primary N) is 1. The quantitative estimate of drug-likeness (QED) is 0.511. The normalized spacial score (nSPS) is 16.2. The van der Waals surface area contributed by atoms with E-state index in [0.717, 1.165) is 17.3 Å². The molecule has 0 atom stereocenters. The van der Waals surface area contributed by atoms with Crippen LogP contribution in [0, 0.1) is 22.7 Å².